The monoisotopic (exact) mass is 283 g/mol. The summed E-state index contributed by atoms with van der Waals surface area (Å²) < 4.78 is 29.7. The Morgan fingerprint density at radius 2 is 2.16 bits per heavy atom. The van der Waals surface area contributed by atoms with Crippen molar-refractivity contribution in [2.24, 2.45) is 5.73 Å². The first-order valence-corrected chi connectivity index (χ1v) is 7.66. The number of nitrogens with two attached hydrogens (primary N) is 1. The van der Waals surface area contributed by atoms with Crippen molar-refractivity contribution in [3.63, 3.8) is 0 Å². The molecule has 0 radical (unpaired) electrons. The van der Waals surface area contributed by atoms with Crippen LogP contribution in [-0.4, -0.2) is 26.2 Å². The molecule has 5 nitrogen and oxygen atoms in total. The van der Waals surface area contributed by atoms with Gasteiger partial charge in [-0.25, -0.2) is 8.42 Å². The summed E-state index contributed by atoms with van der Waals surface area (Å²) in [7, 11) is -3.32. The van der Waals surface area contributed by atoms with Crippen LogP contribution in [0.25, 0.3) is 0 Å². The van der Waals surface area contributed by atoms with Crippen LogP contribution in [0.3, 0.4) is 0 Å². The summed E-state index contributed by atoms with van der Waals surface area (Å²) >= 11 is 0. The van der Waals surface area contributed by atoms with Crippen LogP contribution >= 0.6 is 0 Å². The van der Waals surface area contributed by atoms with Gasteiger partial charge in [0.25, 0.3) is 0 Å². The lowest BCUT2D eigenvalue weighted by molar-refractivity contribution is -0.118. The van der Waals surface area contributed by atoms with E-state index in [-0.39, 0.29) is 17.2 Å². The van der Waals surface area contributed by atoms with Crippen molar-refractivity contribution in [2.75, 3.05) is 6.61 Å². The Bertz CT molecular complexity index is 607. The molecule has 1 aromatic rings. The topological polar surface area (TPSA) is 86.5 Å². The summed E-state index contributed by atoms with van der Waals surface area (Å²) in [6, 6.07) is 4.79. The quantitative estimate of drug-likeness (QED) is 0.900. The van der Waals surface area contributed by atoms with Gasteiger partial charge in [-0.2, -0.15) is 0 Å². The second kappa shape index (κ2) is 4.85. The molecule has 19 heavy (non-hydrogen) atoms. The minimum Gasteiger partial charge on any atom is -0.493 e. The molecule has 0 spiro atoms. The molecular formula is C13H17NO4S. The van der Waals surface area contributed by atoms with Crippen molar-refractivity contribution in [2.45, 2.75) is 36.3 Å². The minimum atomic E-state index is -3.32. The number of rotatable bonds is 4. The molecule has 0 fully saturated rings. The first-order valence-electron chi connectivity index (χ1n) is 6.11. The van der Waals surface area contributed by atoms with Gasteiger partial charge in [0.1, 0.15) is 5.75 Å². The number of carbonyl (C=O) groups excluding carboxylic acids is 1. The third-order valence-corrected chi connectivity index (χ3v) is 5.41. The molecule has 0 aliphatic carbocycles. The van der Waals surface area contributed by atoms with Gasteiger partial charge in [-0.1, -0.05) is 0 Å². The smallest absolute Gasteiger partial charge is 0.218 e. The van der Waals surface area contributed by atoms with Crippen molar-refractivity contribution >= 4 is 15.7 Å². The molecule has 1 unspecified atom stereocenters. The zero-order valence-electron chi connectivity index (χ0n) is 10.9. The zero-order valence-corrected chi connectivity index (χ0v) is 11.7. The molecule has 1 heterocycles. The summed E-state index contributed by atoms with van der Waals surface area (Å²) in [5, 5.41) is -0.484. The highest BCUT2D eigenvalue weighted by Gasteiger charge is 2.28. The normalized spacial score (nSPS) is 18.2. The molecule has 0 saturated heterocycles. The Morgan fingerprint density at radius 1 is 1.47 bits per heavy atom. The summed E-state index contributed by atoms with van der Waals surface area (Å²) in [5.41, 5.74) is 5.94. The fraction of sp³-hybridized carbons (Fsp3) is 0.462. The van der Waals surface area contributed by atoms with Crippen LogP contribution in [0.2, 0.25) is 0 Å². The van der Waals surface area contributed by atoms with Gasteiger partial charge in [0.05, 0.1) is 16.8 Å². The van der Waals surface area contributed by atoms with E-state index < -0.39 is 21.0 Å². The average Bonchev–Trinajstić information content (AvgIpc) is 2.71. The number of primary amides is 1. The van der Waals surface area contributed by atoms with Crippen LogP contribution in [0, 0.1) is 0 Å². The molecule has 1 amide bonds. The van der Waals surface area contributed by atoms with Crippen LogP contribution in [0.5, 0.6) is 5.75 Å². The van der Waals surface area contributed by atoms with E-state index in [9.17, 15) is 13.2 Å². The minimum absolute atomic E-state index is 0.158. The lowest BCUT2D eigenvalue weighted by Gasteiger charge is -2.10. The van der Waals surface area contributed by atoms with Gasteiger partial charge in [0.2, 0.25) is 5.91 Å². The van der Waals surface area contributed by atoms with Crippen LogP contribution in [0.1, 0.15) is 31.7 Å². The number of carbonyl (C=O) groups is 1. The number of ether oxygens (including phenoxy) is 1. The van der Waals surface area contributed by atoms with Gasteiger partial charge in [0.15, 0.2) is 9.84 Å². The second-order valence-corrected chi connectivity index (χ2v) is 7.48. The molecule has 6 heteroatoms. The Labute approximate surface area is 112 Å². The van der Waals surface area contributed by atoms with E-state index in [4.69, 9.17) is 10.5 Å². The van der Waals surface area contributed by atoms with Crippen molar-refractivity contribution < 1.29 is 17.9 Å². The SMILES string of the molecule is CC(C)S(=O)(=O)c1ccc2c(c1)C(CC(N)=O)CO2. The molecule has 1 aliphatic heterocycles. The predicted octanol–water partition coefficient (Wildman–Crippen LogP) is 1.22. The first kappa shape index (κ1) is 13.9. The molecule has 0 aromatic heterocycles. The van der Waals surface area contributed by atoms with E-state index in [0.29, 0.717) is 12.4 Å². The predicted molar refractivity (Wildman–Crippen MR) is 70.8 cm³/mol. The van der Waals surface area contributed by atoms with Crippen molar-refractivity contribution in [3.8, 4) is 5.75 Å². The van der Waals surface area contributed by atoms with E-state index in [2.05, 4.69) is 0 Å². The van der Waals surface area contributed by atoms with Crippen LogP contribution < -0.4 is 10.5 Å². The Kier molecular flexibility index (Phi) is 3.54. The standard InChI is InChI=1S/C13H17NO4S/c1-8(2)19(16,17)10-3-4-12-11(6-10)9(7-18-12)5-13(14)15/h3-4,6,8-9H,5,7H2,1-2H3,(H2,14,15). The van der Waals surface area contributed by atoms with E-state index >= 15 is 0 Å². The van der Waals surface area contributed by atoms with Crippen LogP contribution in [-0.2, 0) is 14.6 Å². The Morgan fingerprint density at radius 3 is 2.74 bits per heavy atom. The third kappa shape index (κ3) is 2.58. The number of hydrogen-bond donors (Lipinski definition) is 1. The highest BCUT2D eigenvalue weighted by molar-refractivity contribution is 7.92. The molecule has 1 aliphatic rings. The molecule has 2 N–H and O–H groups in total. The van der Waals surface area contributed by atoms with Gasteiger partial charge in [-0.3, -0.25) is 4.79 Å². The van der Waals surface area contributed by atoms with Crippen molar-refractivity contribution in [1.29, 1.82) is 0 Å². The van der Waals surface area contributed by atoms with Gasteiger partial charge >= 0.3 is 0 Å². The van der Waals surface area contributed by atoms with Gasteiger partial charge in [0, 0.05) is 17.9 Å². The van der Waals surface area contributed by atoms with Gasteiger partial charge in [-0.15, -0.1) is 0 Å². The summed E-state index contributed by atoms with van der Waals surface area (Å²) in [6.07, 6.45) is 0.165. The van der Waals surface area contributed by atoms with E-state index in [1.54, 1.807) is 32.0 Å². The first-order chi connectivity index (χ1) is 8.82. The highest BCUT2D eigenvalue weighted by Crippen LogP contribution is 2.37. The maximum Gasteiger partial charge on any atom is 0.218 e. The number of sulfone groups is 1. The highest BCUT2D eigenvalue weighted by atomic mass is 32.2. The molecular weight excluding hydrogens is 266 g/mol. The summed E-state index contributed by atoms with van der Waals surface area (Å²) in [4.78, 5) is 11.3. The number of fused-ring (bicyclic) bond motifs is 1. The average molecular weight is 283 g/mol. The second-order valence-electron chi connectivity index (χ2n) is 4.97. The number of hydrogen-bond acceptors (Lipinski definition) is 4. The molecule has 0 saturated carbocycles. The van der Waals surface area contributed by atoms with E-state index in [0.717, 1.165) is 5.56 Å². The van der Waals surface area contributed by atoms with Crippen molar-refractivity contribution in [1.82, 2.24) is 0 Å². The van der Waals surface area contributed by atoms with Crippen LogP contribution in [0.15, 0.2) is 23.1 Å². The molecule has 104 valence electrons. The Hall–Kier alpha value is -1.56. The number of amides is 1. The fourth-order valence-electron chi connectivity index (χ4n) is 2.12. The fourth-order valence-corrected chi connectivity index (χ4v) is 3.21. The Balaban J connectivity index is 2.41. The van der Waals surface area contributed by atoms with Crippen LogP contribution in [0.4, 0.5) is 0 Å². The third-order valence-electron chi connectivity index (χ3n) is 3.26. The lowest BCUT2D eigenvalue weighted by atomic mass is 9.98. The van der Waals surface area contributed by atoms with E-state index in [1.807, 2.05) is 0 Å². The molecule has 2 rings (SSSR count). The maximum absolute atomic E-state index is 12.1. The lowest BCUT2D eigenvalue weighted by Crippen LogP contribution is -2.17. The van der Waals surface area contributed by atoms with Gasteiger partial charge in [-0.05, 0) is 32.0 Å². The van der Waals surface area contributed by atoms with E-state index in [1.165, 1.54) is 0 Å². The summed E-state index contributed by atoms with van der Waals surface area (Å²) in [5.74, 6) is 0.0577. The number of benzene rings is 1. The molecule has 1 atom stereocenters. The molecule has 1 aromatic carbocycles. The van der Waals surface area contributed by atoms with Gasteiger partial charge < -0.3 is 10.5 Å². The zero-order chi connectivity index (χ0) is 14.2. The maximum atomic E-state index is 12.1. The van der Waals surface area contributed by atoms with Crippen molar-refractivity contribution in [3.05, 3.63) is 23.8 Å². The molecule has 0 bridgehead atoms. The summed E-state index contributed by atoms with van der Waals surface area (Å²) in [6.45, 7) is 3.64. The largest absolute Gasteiger partial charge is 0.493 e.